The van der Waals surface area contributed by atoms with E-state index in [0.29, 0.717) is 5.56 Å². The second-order valence-corrected chi connectivity index (χ2v) is 4.73. The van der Waals surface area contributed by atoms with Gasteiger partial charge in [-0.05, 0) is 30.0 Å². The maximum atomic E-state index is 12.1. The third kappa shape index (κ3) is 2.96. The van der Waals surface area contributed by atoms with Crippen LogP contribution in [0.5, 0.6) is 0 Å². The molecule has 1 aliphatic rings. The summed E-state index contributed by atoms with van der Waals surface area (Å²) in [4.78, 5) is 2.10. The number of likely N-dealkylation sites (N-methyl/N-ethyl adjacent to an activating group) is 1. The van der Waals surface area contributed by atoms with Gasteiger partial charge in [-0.3, -0.25) is 0 Å². The molecule has 2 nitrogen and oxygen atoms in total. The smallest absolute Gasteiger partial charge is 0.388 e. The first-order valence-corrected chi connectivity index (χ1v) is 5.95. The lowest BCUT2D eigenvalue weighted by Crippen LogP contribution is -2.12. The summed E-state index contributed by atoms with van der Waals surface area (Å²) in [5.74, 6) is 0. The molecule has 1 aromatic rings. The Kier molecular flexibility index (Phi) is 3.52. The Morgan fingerprint density at radius 1 is 1.39 bits per heavy atom. The van der Waals surface area contributed by atoms with Crippen LogP contribution in [-0.4, -0.2) is 24.9 Å². The van der Waals surface area contributed by atoms with Crippen molar-refractivity contribution in [2.24, 2.45) is 0 Å². The number of fused-ring (bicyclic) bond motifs is 1. The number of halogens is 3. The number of alkyl halides is 3. The van der Waals surface area contributed by atoms with Crippen LogP contribution in [0.2, 0.25) is 0 Å². The molecule has 1 N–H and O–H groups in total. The van der Waals surface area contributed by atoms with Gasteiger partial charge in [0.2, 0.25) is 0 Å². The molecule has 5 heteroatoms. The standard InChI is InChI=1S/C13H16F3NO/c1-17-7-5-9-8-10(2-3-11(9)17)12(18)4-6-13(14,15)16/h2-3,8,12,18H,4-7H2,1H3. The molecule has 0 spiro atoms. The normalized spacial score (nSPS) is 16.8. The van der Waals surface area contributed by atoms with Gasteiger partial charge in [0, 0.05) is 25.7 Å². The second kappa shape index (κ2) is 4.80. The molecule has 0 bridgehead atoms. The van der Waals surface area contributed by atoms with Crippen molar-refractivity contribution in [3.63, 3.8) is 0 Å². The first-order chi connectivity index (χ1) is 8.37. The second-order valence-electron chi connectivity index (χ2n) is 4.73. The van der Waals surface area contributed by atoms with E-state index in [2.05, 4.69) is 4.90 Å². The Labute approximate surface area is 104 Å². The van der Waals surface area contributed by atoms with Gasteiger partial charge in [-0.25, -0.2) is 0 Å². The van der Waals surface area contributed by atoms with Gasteiger partial charge in [0.15, 0.2) is 0 Å². The highest BCUT2D eigenvalue weighted by molar-refractivity contribution is 5.58. The maximum Gasteiger partial charge on any atom is 0.389 e. The summed E-state index contributed by atoms with van der Waals surface area (Å²) in [5, 5.41) is 9.77. The van der Waals surface area contributed by atoms with E-state index >= 15 is 0 Å². The summed E-state index contributed by atoms with van der Waals surface area (Å²) in [5.41, 5.74) is 2.77. The van der Waals surface area contributed by atoms with Crippen molar-refractivity contribution in [2.45, 2.75) is 31.5 Å². The molecule has 0 saturated heterocycles. The third-order valence-electron chi connectivity index (χ3n) is 3.32. The number of anilines is 1. The molecule has 0 amide bonds. The minimum Gasteiger partial charge on any atom is -0.388 e. The summed E-state index contributed by atoms with van der Waals surface area (Å²) in [6, 6.07) is 5.40. The molecule has 0 aromatic heterocycles. The average molecular weight is 259 g/mol. The Bertz CT molecular complexity index is 431. The van der Waals surface area contributed by atoms with Crippen molar-refractivity contribution < 1.29 is 18.3 Å². The first kappa shape index (κ1) is 13.2. The van der Waals surface area contributed by atoms with Crippen molar-refractivity contribution in [1.29, 1.82) is 0 Å². The van der Waals surface area contributed by atoms with E-state index in [4.69, 9.17) is 0 Å². The molecule has 1 unspecified atom stereocenters. The van der Waals surface area contributed by atoms with E-state index in [1.807, 2.05) is 19.2 Å². The van der Waals surface area contributed by atoms with Crippen LogP contribution in [0.25, 0.3) is 0 Å². The summed E-state index contributed by atoms with van der Waals surface area (Å²) >= 11 is 0. The molecule has 1 heterocycles. The predicted octanol–water partition coefficient (Wildman–Crippen LogP) is 3.05. The number of hydrogen-bond donors (Lipinski definition) is 1. The molecule has 1 atom stereocenters. The van der Waals surface area contributed by atoms with Crippen LogP contribution in [0.3, 0.4) is 0 Å². The molecule has 0 aliphatic carbocycles. The van der Waals surface area contributed by atoms with Crippen molar-refractivity contribution in [2.75, 3.05) is 18.5 Å². The molecule has 2 rings (SSSR count). The Hall–Kier alpha value is -1.23. The summed E-state index contributed by atoms with van der Waals surface area (Å²) in [6.07, 6.45) is -5.60. The Balaban J connectivity index is 2.06. The average Bonchev–Trinajstić information content (AvgIpc) is 2.66. The van der Waals surface area contributed by atoms with E-state index in [0.717, 1.165) is 24.2 Å². The van der Waals surface area contributed by atoms with Crippen LogP contribution in [0.15, 0.2) is 18.2 Å². The van der Waals surface area contributed by atoms with Crippen LogP contribution in [0.1, 0.15) is 30.1 Å². The topological polar surface area (TPSA) is 23.5 Å². The summed E-state index contributed by atoms with van der Waals surface area (Å²) in [7, 11) is 1.98. The van der Waals surface area contributed by atoms with Gasteiger partial charge in [0.05, 0.1) is 6.10 Å². The highest BCUT2D eigenvalue weighted by atomic mass is 19.4. The third-order valence-corrected chi connectivity index (χ3v) is 3.32. The van der Waals surface area contributed by atoms with E-state index in [9.17, 15) is 18.3 Å². The van der Waals surface area contributed by atoms with Gasteiger partial charge in [-0.15, -0.1) is 0 Å². The van der Waals surface area contributed by atoms with Crippen LogP contribution in [0, 0.1) is 0 Å². The van der Waals surface area contributed by atoms with E-state index in [1.54, 1.807) is 6.07 Å². The molecule has 0 saturated carbocycles. The lowest BCUT2D eigenvalue weighted by atomic mass is 10.0. The van der Waals surface area contributed by atoms with Gasteiger partial charge in [0.1, 0.15) is 0 Å². The molecular weight excluding hydrogens is 243 g/mol. The van der Waals surface area contributed by atoms with Gasteiger partial charge in [-0.2, -0.15) is 13.2 Å². The van der Waals surface area contributed by atoms with Crippen molar-refractivity contribution in [3.05, 3.63) is 29.3 Å². The number of benzene rings is 1. The fourth-order valence-electron chi connectivity index (χ4n) is 2.26. The van der Waals surface area contributed by atoms with E-state index in [-0.39, 0.29) is 6.42 Å². The minimum absolute atomic E-state index is 0.280. The molecule has 100 valence electrons. The molecular formula is C13H16F3NO. The monoisotopic (exact) mass is 259 g/mol. The largest absolute Gasteiger partial charge is 0.389 e. The SMILES string of the molecule is CN1CCc2cc(C(O)CCC(F)(F)F)ccc21. The molecule has 0 radical (unpaired) electrons. The number of nitrogens with zero attached hydrogens (tertiary/aromatic N) is 1. The van der Waals surface area contributed by atoms with Gasteiger partial charge in [-0.1, -0.05) is 12.1 Å². The zero-order valence-corrected chi connectivity index (χ0v) is 10.2. The van der Waals surface area contributed by atoms with Gasteiger partial charge in [0.25, 0.3) is 0 Å². The highest BCUT2D eigenvalue weighted by Crippen LogP contribution is 2.32. The predicted molar refractivity (Wildman–Crippen MR) is 63.7 cm³/mol. The highest BCUT2D eigenvalue weighted by Gasteiger charge is 2.28. The number of aliphatic hydroxyl groups is 1. The van der Waals surface area contributed by atoms with Crippen LogP contribution in [0.4, 0.5) is 18.9 Å². The maximum absolute atomic E-state index is 12.1. The van der Waals surface area contributed by atoms with Gasteiger partial charge < -0.3 is 10.0 Å². The molecule has 1 aliphatic heterocycles. The lowest BCUT2D eigenvalue weighted by Gasteiger charge is -2.15. The molecule has 18 heavy (non-hydrogen) atoms. The quantitative estimate of drug-likeness (QED) is 0.901. The number of hydrogen-bond acceptors (Lipinski definition) is 2. The minimum atomic E-state index is -4.21. The zero-order valence-electron chi connectivity index (χ0n) is 10.2. The van der Waals surface area contributed by atoms with Crippen molar-refractivity contribution >= 4 is 5.69 Å². The fraction of sp³-hybridized carbons (Fsp3) is 0.538. The number of aliphatic hydroxyl groups excluding tert-OH is 1. The lowest BCUT2D eigenvalue weighted by molar-refractivity contribution is -0.140. The molecule has 0 fully saturated rings. The van der Waals surface area contributed by atoms with Crippen LogP contribution >= 0.6 is 0 Å². The van der Waals surface area contributed by atoms with Crippen molar-refractivity contribution in [1.82, 2.24) is 0 Å². The molecule has 1 aromatic carbocycles. The summed E-state index contributed by atoms with van der Waals surface area (Å²) in [6.45, 7) is 0.914. The Morgan fingerprint density at radius 3 is 2.78 bits per heavy atom. The van der Waals surface area contributed by atoms with E-state index in [1.165, 1.54) is 0 Å². The first-order valence-electron chi connectivity index (χ1n) is 5.95. The summed E-state index contributed by atoms with van der Waals surface area (Å²) < 4.78 is 36.3. The fourth-order valence-corrected chi connectivity index (χ4v) is 2.26. The van der Waals surface area contributed by atoms with Gasteiger partial charge >= 0.3 is 6.18 Å². The zero-order chi connectivity index (χ0) is 13.3. The van der Waals surface area contributed by atoms with Crippen LogP contribution < -0.4 is 4.90 Å². The number of rotatable bonds is 3. The Morgan fingerprint density at radius 2 is 2.11 bits per heavy atom. The van der Waals surface area contributed by atoms with Crippen molar-refractivity contribution in [3.8, 4) is 0 Å². The van der Waals surface area contributed by atoms with Crippen LogP contribution in [-0.2, 0) is 6.42 Å². The van der Waals surface area contributed by atoms with E-state index < -0.39 is 18.7 Å².